The van der Waals surface area contributed by atoms with E-state index in [9.17, 15) is 0 Å². The molecule has 0 amide bonds. The van der Waals surface area contributed by atoms with Crippen LogP contribution in [0.3, 0.4) is 0 Å². The third-order valence-corrected chi connectivity index (χ3v) is 4.83. The molecule has 2 rings (SSSR count). The lowest BCUT2D eigenvalue weighted by Gasteiger charge is -2.42. The van der Waals surface area contributed by atoms with E-state index in [1.54, 1.807) is 7.11 Å². The molecule has 0 radical (unpaired) electrons. The zero-order valence-electron chi connectivity index (χ0n) is 13.6. The molecule has 1 nitrogen and oxygen atoms in total. The van der Waals surface area contributed by atoms with Crippen LogP contribution in [0.2, 0.25) is 0 Å². The molecule has 0 saturated carbocycles. The van der Waals surface area contributed by atoms with Crippen molar-refractivity contribution in [2.45, 2.75) is 71.1 Å². The van der Waals surface area contributed by atoms with Gasteiger partial charge in [0.25, 0.3) is 0 Å². The summed E-state index contributed by atoms with van der Waals surface area (Å²) in [6.07, 6.45) is 2.51. The molecular weight excluding hydrogens is 232 g/mol. The summed E-state index contributed by atoms with van der Waals surface area (Å²) in [5.41, 5.74) is 4.87. The van der Waals surface area contributed by atoms with Crippen LogP contribution >= 0.6 is 0 Å². The van der Waals surface area contributed by atoms with Gasteiger partial charge in [0.15, 0.2) is 0 Å². The fraction of sp³-hybridized carbons (Fsp3) is 0.667. The van der Waals surface area contributed by atoms with Crippen molar-refractivity contribution in [3.8, 4) is 5.75 Å². The van der Waals surface area contributed by atoms with Crippen molar-refractivity contribution in [3.05, 3.63) is 28.8 Å². The van der Waals surface area contributed by atoms with Crippen LogP contribution in [0.1, 0.15) is 77.0 Å². The third-order valence-electron chi connectivity index (χ3n) is 4.83. The van der Waals surface area contributed by atoms with E-state index in [2.05, 4.69) is 53.7 Å². The molecule has 0 aromatic heterocycles. The van der Waals surface area contributed by atoms with E-state index < -0.39 is 0 Å². The Kier molecular flexibility index (Phi) is 3.45. The van der Waals surface area contributed by atoms with Crippen LogP contribution in [-0.4, -0.2) is 7.11 Å². The molecule has 0 saturated heterocycles. The summed E-state index contributed by atoms with van der Waals surface area (Å²) in [4.78, 5) is 0. The van der Waals surface area contributed by atoms with E-state index in [0.29, 0.717) is 5.92 Å². The Balaban J connectivity index is 2.70. The maximum atomic E-state index is 5.63. The molecule has 1 aromatic rings. The fourth-order valence-electron chi connectivity index (χ4n) is 3.24. The molecule has 0 fully saturated rings. The van der Waals surface area contributed by atoms with Crippen LogP contribution in [0.4, 0.5) is 0 Å². The smallest absolute Gasteiger partial charge is 0.122 e. The monoisotopic (exact) mass is 260 g/mol. The van der Waals surface area contributed by atoms with Crippen LogP contribution in [-0.2, 0) is 10.8 Å². The maximum Gasteiger partial charge on any atom is 0.122 e. The third kappa shape index (κ3) is 2.40. The lowest BCUT2D eigenvalue weighted by molar-refractivity contribution is 0.327. The second-order valence-corrected chi connectivity index (χ2v) is 7.56. The topological polar surface area (TPSA) is 9.23 Å². The summed E-state index contributed by atoms with van der Waals surface area (Å²) in [6, 6.07) is 4.70. The first-order valence-corrected chi connectivity index (χ1v) is 7.42. The Morgan fingerprint density at radius 2 is 1.42 bits per heavy atom. The molecule has 0 heterocycles. The normalized spacial score (nSPS) is 20.2. The van der Waals surface area contributed by atoms with Gasteiger partial charge in [-0.15, -0.1) is 0 Å². The number of hydrogen-bond acceptors (Lipinski definition) is 1. The van der Waals surface area contributed by atoms with Gasteiger partial charge < -0.3 is 4.74 Å². The molecule has 0 N–H and O–H groups in total. The Hall–Kier alpha value is -0.980. The van der Waals surface area contributed by atoms with E-state index in [1.165, 1.54) is 29.5 Å². The molecule has 0 unspecified atom stereocenters. The highest BCUT2D eigenvalue weighted by Crippen LogP contribution is 2.48. The van der Waals surface area contributed by atoms with E-state index in [0.717, 1.165) is 5.75 Å². The average molecular weight is 260 g/mol. The molecule has 0 atom stereocenters. The van der Waals surface area contributed by atoms with Gasteiger partial charge in [-0.2, -0.15) is 0 Å². The molecule has 1 heteroatoms. The lowest BCUT2D eigenvalue weighted by Crippen LogP contribution is -2.34. The second-order valence-electron chi connectivity index (χ2n) is 7.56. The van der Waals surface area contributed by atoms with Crippen LogP contribution in [0, 0.1) is 0 Å². The first kappa shape index (κ1) is 14.4. The van der Waals surface area contributed by atoms with Crippen molar-refractivity contribution in [1.29, 1.82) is 0 Å². The lowest BCUT2D eigenvalue weighted by atomic mass is 9.62. The van der Waals surface area contributed by atoms with Gasteiger partial charge in [0.1, 0.15) is 5.75 Å². The molecular formula is C18H28O. The van der Waals surface area contributed by atoms with Gasteiger partial charge in [-0.1, -0.05) is 47.6 Å². The van der Waals surface area contributed by atoms with Gasteiger partial charge in [0.05, 0.1) is 7.11 Å². The van der Waals surface area contributed by atoms with Crippen molar-refractivity contribution >= 4 is 0 Å². The molecule has 106 valence electrons. The highest BCUT2D eigenvalue weighted by atomic mass is 16.5. The van der Waals surface area contributed by atoms with Gasteiger partial charge >= 0.3 is 0 Å². The number of hydrogen-bond donors (Lipinski definition) is 0. The van der Waals surface area contributed by atoms with Crippen molar-refractivity contribution in [2.75, 3.05) is 7.11 Å². The van der Waals surface area contributed by atoms with E-state index in [4.69, 9.17) is 4.74 Å². The minimum Gasteiger partial charge on any atom is -0.496 e. The quantitative estimate of drug-likeness (QED) is 0.713. The molecule has 0 aliphatic heterocycles. The Morgan fingerprint density at radius 3 is 1.84 bits per heavy atom. The van der Waals surface area contributed by atoms with Gasteiger partial charge in [0.2, 0.25) is 0 Å². The molecule has 1 aliphatic carbocycles. The molecule has 1 aliphatic rings. The number of fused-ring (bicyclic) bond motifs is 1. The summed E-state index contributed by atoms with van der Waals surface area (Å²) in [6.45, 7) is 13.9. The number of ether oxygens (including phenoxy) is 1. The summed E-state index contributed by atoms with van der Waals surface area (Å²) >= 11 is 0. The second kappa shape index (κ2) is 4.54. The summed E-state index contributed by atoms with van der Waals surface area (Å²) in [7, 11) is 1.79. The minimum atomic E-state index is 0.258. The Labute approximate surface area is 118 Å². The fourth-order valence-corrected chi connectivity index (χ4v) is 3.24. The first-order chi connectivity index (χ1) is 8.69. The zero-order valence-corrected chi connectivity index (χ0v) is 13.6. The highest BCUT2D eigenvalue weighted by molar-refractivity contribution is 5.51. The molecule has 0 spiro atoms. The van der Waals surface area contributed by atoms with Crippen LogP contribution < -0.4 is 4.74 Å². The largest absolute Gasteiger partial charge is 0.496 e. The molecule has 19 heavy (non-hydrogen) atoms. The van der Waals surface area contributed by atoms with Gasteiger partial charge in [-0.3, -0.25) is 0 Å². The standard InChI is InChI=1S/C18H28O/c1-12(2)13-10-14-15(11-16(13)19-7)18(5,6)9-8-17(14,3)4/h10-12H,8-9H2,1-7H3. The highest BCUT2D eigenvalue weighted by Gasteiger charge is 2.37. The summed E-state index contributed by atoms with van der Waals surface area (Å²) in [5.74, 6) is 1.56. The zero-order chi connectivity index (χ0) is 14.4. The van der Waals surface area contributed by atoms with Crippen LogP contribution in [0.25, 0.3) is 0 Å². The van der Waals surface area contributed by atoms with E-state index in [-0.39, 0.29) is 10.8 Å². The predicted molar refractivity (Wildman–Crippen MR) is 82.4 cm³/mol. The maximum absolute atomic E-state index is 5.63. The van der Waals surface area contributed by atoms with Gasteiger partial charge in [0, 0.05) is 0 Å². The van der Waals surface area contributed by atoms with Crippen molar-refractivity contribution in [1.82, 2.24) is 0 Å². The van der Waals surface area contributed by atoms with E-state index in [1.807, 2.05) is 0 Å². The van der Waals surface area contributed by atoms with Crippen molar-refractivity contribution in [2.24, 2.45) is 0 Å². The Morgan fingerprint density at radius 1 is 0.947 bits per heavy atom. The number of methoxy groups -OCH3 is 1. The summed E-state index contributed by atoms with van der Waals surface area (Å²) < 4.78 is 5.63. The SMILES string of the molecule is COc1cc2c(cc1C(C)C)C(C)(C)CCC2(C)C. The van der Waals surface area contributed by atoms with Crippen LogP contribution in [0.5, 0.6) is 5.75 Å². The van der Waals surface area contributed by atoms with Gasteiger partial charge in [-0.25, -0.2) is 0 Å². The van der Waals surface area contributed by atoms with Crippen molar-refractivity contribution in [3.63, 3.8) is 0 Å². The van der Waals surface area contributed by atoms with E-state index >= 15 is 0 Å². The first-order valence-electron chi connectivity index (χ1n) is 7.42. The summed E-state index contributed by atoms with van der Waals surface area (Å²) in [5, 5.41) is 0. The van der Waals surface area contributed by atoms with Crippen molar-refractivity contribution < 1.29 is 4.74 Å². The molecule has 0 bridgehead atoms. The van der Waals surface area contributed by atoms with Gasteiger partial charge in [-0.05, 0) is 52.3 Å². The van der Waals surface area contributed by atoms with Crippen LogP contribution in [0.15, 0.2) is 12.1 Å². The Bertz CT molecular complexity index is 481. The number of benzene rings is 1. The average Bonchev–Trinajstić information content (AvgIpc) is 2.33. The number of rotatable bonds is 2. The predicted octanol–water partition coefficient (Wildman–Crippen LogP) is 5.17. The molecule has 1 aromatic carbocycles. The minimum absolute atomic E-state index is 0.258.